The molecule has 1 aliphatic carbocycles. The van der Waals surface area contributed by atoms with Gasteiger partial charge in [-0.3, -0.25) is 4.79 Å². The minimum absolute atomic E-state index is 0.0298. The molecule has 0 aromatic rings. The fraction of sp³-hybridized carbons (Fsp3) is 0.950. The normalized spacial score (nSPS) is 27.2. The van der Waals surface area contributed by atoms with Gasteiger partial charge in [0, 0.05) is 31.6 Å². The molecular weight excluding hydrogens is 348 g/mol. The lowest BCUT2D eigenvalue weighted by atomic mass is 9.86. The highest BCUT2D eigenvalue weighted by atomic mass is 32.2. The van der Waals surface area contributed by atoms with E-state index in [0.29, 0.717) is 13.0 Å². The van der Waals surface area contributed by atoms with Gasteiger partial charge in [0.2, 0.25) is 15.9 Å². The molecule has 1 aliphatic heterocycles. The molecule has 156 valence electrons. The molecule has 1 saturated heterocycles. The molecule has 2 fully saturated rings. The van der Waals surface area contributed by atoms with Gasteiger partial charge in [0.25, 0.3) is 0 Å². The van der Waals surface area contributed by atoms with Gasteiger partial charge in [-0.1, -0.05) is 53.9 Å². The molecule has 6 heteroatoms. The molecule has 0 bridgehead atoms. The van der Waals surface area contributed by atoms with E-state index in [9.17, 15) is 13.2 Å². The number of fused-ring (bicyclic) bond motifs is 1. The summed E-state index contributed by atoms with van der Waals surface area (Å²) in [5.41, 5.74) is 0. The number of piperazine rings is 1. The monoisotopic (exact) mass is 390 g/mol. The van der Waals surface area contributed by atoms with Crippen molar-refractivity contribution in [1.82, 2.24) is 9.21 Å². The van der Waals surface area contributed by atoms with Gasteiger partial charge >= 0.3 is 0 Å². The molecular formula is C20H42N2O3S. The Bertz CT molecular complexity index is 507. The largest absolute Gasteiger partial charge is 0.334 e. The van der Waals surface area contributed by atoms with Crippen LogP contribution in [0, 0.1) is 0 Å². The van der Waals surface area contributed by atoms with Crippen LogP contribution in [-0.2, 0) is 14.8 Å². The van der Waals surface area contributed by atoms with Crippen LogP contribution in [0.5, 0.6) is 0 Å². The number of sulfonamides is 1. The van der Waals surface area contributed by atoms with E-state index in [1.807, 2.05) is 32.6 Å². The minimum atomic E-state index is -3.27. The quantitative estimate of drug-likeness (QED) is 0.716. The summed E-state index contributed by atoms with van der Waals surface area (Å²) < 4.78 is 27.3. The molecule has 1 amide bonds. The third-order valence-corrected chi connectivity index (χ3v) is 7.54. The smallest absolute Gasteiger partial charge is 0.220 e. The lowest BCUT2D eigenvalue weighted by molar-refractivity contribution is -0.139. The van der Waals surface area contributed by atoms with Crippen LogP contribution in [0.4, 0.5) is 0 Å². The molecule has 0 aromatic carbocycles. The maximum absolute atomic E-state index is 12.8. The molecule has 0 spiro atoms. The summed E-state index contributed by atoms with van der Waals surface area (Å²) >= 11 is 0. The van der Waals surface area contributed by atoms with Crippen LogP contribution < -0.4 is 0 Å². The highest BCUT2D eigenvalue weighted by Gasteiger charge is 2.47. The zero-order valence-corrected chi connectivity index (χ0v) is 19.1. The Hall–Kier alpha value is -0.620. The van der Waals surface area contributed by atoms with Crippen molar-refractivity contribution in [1.29, 1.82) is 0 Å². The maximum Gasteiger partial charge on any atom is 0.220 e. The Morgan fingerprint density at radius 3 is 1.96 bits per heavy atom. The van der Waals surface area contributed by atoms with E-state index in [1.54, 1.807) is 18.2 Å². The molecule has 26 heavy (non-hydrogen) atoms. The van der Waals surface area contributed by atoms with Crippen LogP contribution in [0.1, 0.15) is 93.9 Å². The third-order valence-electron chi connectivity index (χ3n) is 5.11. The van der Waals surface area contributed by atoms with Crippen molar-refractivity contribution >= 4 is 15.9 Å². The predicted octanol–water partition coefficient (Wildman–Crippen LogP) is 4.42. The number of nitrogens with zero attached hydrogens (tertiary/aromatic N) is 2. The van der Waals surface area contributed by atoms with Crippen LogP contribution in [0.2, 0.25) is 0 Å². The lowest BCUT2D eigenvalue weighted by Gasteiger charge is -2.52. The van der Waals surface area contributed by atoms with Crippen molar-refractivity contribution in [3.63, 3.8) is 0 Å². The van der Waals surface area contributed by atoms with Gasteiger partial charge in [-0.05, 0) is 33.1 Å². The van der Waals surface area contributed by atoms with E-state index < -0.39 is 10.0 Å². The first-order chi connectivity index (χ1) is 12.2. The van der Waals surface area contributed by atoms with Crippen LogP contribution in [0.15, 0.2) is 0 Å². The summed E-state index contributed by atoms with van der Waals surface area (Å²) in [5.74, 6) is 0.0694. The van der Waals surface area contributed by atoms with Gasteiger partial charge in [-0.15, -0.1) is 0 Å². The Balaban J connectivity index is 0.00000113. The number of carbonyl (C=O) groups excluding carboxylic acids is 1. The first-order valence-electron chi connectivity index (χ1n) is 10.5. The van der Waals surface area contributed by atoms with Crippen LogP contribution >= 0.6 is 0 Å². The molecule has 0 radical (unpaired) electrons. The van der Waals surface area contributed by atoms with Crippen molar-refractivity contribution in [3.05, 3.63) is 0 Å². The summed E-state index contributed by atoms with van der Waals surface area (Å²) in [6, 6.07) is -0.0163. The Morgan fingerprint density at radius 1 is 1.08 bits per heavy atom. The number of carbonyl (C=O) groups is 1. The molecule has 5 nitrogen and oxygen atoms in total. The van der Waals surface area contributed by atoms with Gasteiger partial charge in [0.1, 0.15) is 0 Å². The average molecular weight is 391 g/mol. The maximum atomic E-state index is 12.8. The summed E-state index contributed by atoms with van der Waals surface area (Å²) in [4.78, 5) is 13.9. The van der Waals surface area contributed by atoms with Gasteiger partial charge < -0.3 is 4.90 Å². The lowest BCUT2D eigenvalue weighted by Crippen LogP contribution is -2.66. The highest BCUT2D eigenvalue weighted by molar-refractivity contribution is 7.89. The van der Waals surface area contributed by atoms with Crippen molar-refractivity contribution in [2.24, 2.45) is 0 Å². The second-order valence-electron chi connectivity index (χ2n) is 7.24. The van der Waals surface area contributed by atoms with Gasteiger partial charge in [0.15, 0.2) is 0 Å². The summed E-state index contributed by atoms with van der Waals surface area (Å²) in [5, 5.41) is -0.351. The fourth-order valence-corrected chi connectivity index (χ4v) is 5.77. The van der Waals surface area contributed by atoms with Gasteiger partial charge in [0.05, 0.1) is 5.25 Å². The number of amides is 1. The topological polar surface area (TPSA) is 57.7 Å². The van der Waals surface area contributed by atoms with E-state index in [-0.39, 0.29) is 29.3 Å². The van der Waals surface area contributed by atoms with Crippen molar-refractivity contribution in [3.8, 4) is 0 Å². The zero-order chi connectivity index (χ0) is 20.5. The molecule has 4 unspecified atom stereocenters. The molecule has 1 heterocycles. The van der Waals surface area contributed by atoms with Crippen molar-refractivity contribution < 1.29 is 13.2 Å². The van der Waals surface area contributed by atoms with E-state index in [2.05, 4.69) is 13.8 Å². The predicted molar refractivity (Wildman–Crippen MR) is 111 cm³/mol. The molecule has 0 N–H and O–H groups in total. The van der Waals surface area contributed by atoms with Gasteiger partial charge in [-0.25, -0.2) is 8.42 Å². The minimum Gasteiger partial charge on any atom is -0.334 e. The van der Waals surface area contributed by atoms with Crippen molar-refractivity contribution in [2.75, 3.05) is 6.54 Å². The second kappa shape index (κ2) is 12.0. The van der Waals surface area contributed by atoms with Crippen molar-refractivity contribution in [2.45, 2.75) is 117 Å². The average Bonchev–Trinajstić information content (AvgIpc) is 2.62. The van der Waals surface area contributed by atoms with Crippen LogP contribution in [0.3, 0.4) is 0 Å². The number of hydrogen-bond donors (Lipinski definition) is 0. The molecule has 4 atom stereocenters. The summed E-state index contributed by atoms with van der Waals surface area (Å²) in [6.45, 7) is 15.9. The second-order valence-corrected chi connectivity index (χ2v) is 9.54. The van der Waals surface area contributed by atoms with E-state index in [4.69, 9.17) is 0 Å². The third kappa shape index (κ3) is 5.95. The van der Waals surface area contributed by atoms with Crippen LogP contribution in [-0.4, -0.2) is 53.5 Å². The highest BCUT2D eigenvalue weighted by Crippen LogP contribution is 2.35. The van der Waals surface area contributed by atoms with E-state index in [1.165, 1.54) is 6.42 Å². The Labute approximate surface area is 162 Å². The first kappa shape index (κ1) is 25.4. The standard InChI is InChI=1S/C15H28N2O3S.C3H8.C2H6/c1-5-12(3)21(19,20)16-10-11(2)17(13(4)18)15-9-7-6-8-14(15)16;1-3-2;1-2/h11-12,14-15H,5-10H2,1-4H3;3H2,1-2H3;1-2H3. The zero-order valence-electron chi connectivity index (χ0n) is 18.3. The molecule has 1 saturated carbocycles. The van der Waals surface area contributed by atoms with E-state index in [0.717, 1.165) is 25.7 Å². The molecule has 0 aromatic heterocycles. The SMILES string of the molecule is CC.CCC.CCC(C)S(=O)(=O)N1CC(C)N(C(C)=O)C2CCCCC21. The number of rotatable bonds is 3. The van der Waals surface area contributed by atoms with E-state index >= 15 is 0 Å². The first-order valence-corrected chi connectivity index (χ1v) is 12.0. The Morgan fingerprint density at radius 2 is 1.54 bits per heavy atom. The molecule has 2 rings (SSSR count). The van der Waals surface area contributed by atoms with Gasteiger partial charge in [-0.2, -0.15) is 4.31 Å². The Kier molecular flexibility index (Phi) is 11.7. The summed E-state index contributed by atoms with van der Waals surface area (Å²) in [7, 11) is -3.27. The number of hydrogen-bond acceptors (Lipinski definition) is 3. The summed E-state index contributed by atoms with van der Waals surface area (Å²) in [6.07, 6.45) is 5.79. The fourth-order valence-electron chi connectivity index (χ4n) is 3.84. The molecule has 2 aliphatic rings. The van der Waals surface area contributed by atoms with Crippen LogP contribution in [0.25, 0.3) is 0 Å².